The van der Waals surface area contributed by atoms with Gasteiger partial charge >= 0.3 is 24.2 Å². The molecule has 6 aromatic carbocycles. The van der Waals surface area contributed by atoms with E-state index >= 15 is 0 Å². The number of halogens is 6. The lowest BCUT2D eigenvalue weighted by Gasteiger charge is -2.29. The van der Waals surface area contributed by atoms with Gasteiger partial charge in [-0.3, -0.25) is 0 Å². The Bertz CT molecular complexity index is 4270. The monoisotopic (exact) mass is 1550 g/mol. The first-order chi connectivity index (χ1) is 51.8. The van der Waals surface area contributed by atoms with Gasteiger partial charge in [0.05, 0.1) is 57.3 Å². The molecule has 31 heteroatoms. The molecule has 3 aromatic heterocycles. The molecule has 0 saturated carbocycles. The summed E-state index contributed by atoms with van der Waals surface area (Å²) in [5.41, 5.74) is 0.652. The number of carbonyl (C=O) groups excluding carboxylic acids is 2. The maximum Gasteiger partial charge on any atom is 0.410 e. The zero-order valence-electron chi connectivity index (χ0n) is 61.2. The van der Waals surface area contributed by atoms with Crippen molar-refractivity contribution in [3.05, 3.63) is 187 Å². The minimum absolute atomic E-state index is 0.00379. The molecule has 3 atom stereocenters. The van der Waals surface area contributed by atoms with Crippen LogP contribution in [-0.4, -0.2) is 152 Å². The maximum absolute atomic E-state index is 13.6. The number of carbonyl (C=O) groups is 2. The van der Waals surface area contributed by atoms with Crippen molar-refractivity contribution in [2.75, 3.05) is 81.9 Å². The number of likely N-dealkylation sites (tertiary alicyclic amines) is 2. The highest BCUT2D eigenvalue weighted by Gasteiger charge is 2.34. The third-order valence-electron chi connectivity index (χ3n) is 15.6. The molecule has 3 saturated heterocycles. The Morgan fingerprint density at radius 1 is 0.491 bits per heavy atom. The van der Waals surface area contributed by atoms with E-state index in [0.717, 1.165) is 62.8 Å². The third kappa shape index (κ3) is 27.9. The molecular weight excluding hydrogens is 1460 g/mol. The Kier molecular flexibility index (Phi) is 31.8. The number of nitrogens with one attached hydrogen (secondary N) is 4. The van der Waals surface area contributed by atoms with Crippen LogP contribution in [0.5, 0.6) is 81.4 Å². The number of hydrogen-bond acceptors (Lipinski definition) is 23. The van der Waals surface area contributed by atoms with E-state index in [9.17, 15) is 22.8 Å². The number of phenolic OH excluding ortho intramolecular Hbond substituents is 1. The van der Waals surface area contributed by atoms with Crippen molar-refractivity contribution in [2.24, 2.45) is 0 Å². The number of ether oxygens (including phenoxy) is 10. The summed E-state index contributed by atoms with van der Waals surface area (Å²) >= 11 is 15.5. The molecule has 12 rings (SSSR count). The van der Waals surface area contributed by atoms with Crippen LogP contribution in [0.25, 0.3) is 0 Å². The van der Waals surface area contributed by atoms with E-state index in [-0.39, 0.29) is 64.3 Å². The van der Waals surface area contributed by atoms with Gasteiger partial charge in [-0.15, -0.1) is 23.2 Å². The Labute approximate surface area is 640 Å². The summed E-state index contributed by atoms with van der Waals surface area (Å²) in [7, 11) is 4.79. The molecule has 0 spiro atoms. The molecule has 0 unspecified atom stereocenters. The fourth-order valence-corrected chi connectivity index (χ4v) is 10.7. The summed E-state index contributed by atoms with van der Waals surface area (Å²) in [5, 5.41) is 22.2. The van der Waals surface area contributed by atoms with Crippen LogP contribution in [0.4, 0.5) is 39.8 Å². The van der Waals surface area contributed by atoms with Gasteiger partial charge in [0.1, 0.15) is 97.5 Å². The number of amides is 2. The lowest BCUT2D eigenvalue weighted by atomic mass is 10.2. The zero-order valence-corrected chi connectivity index (χ0v) is 63.5. The molecule has 0 radical (unpaired) electrons. The summed E-state index contributed by atoms with van der Waals surface area (Å²) in [4.78, 5) is 54.2. The standard InChI is InChI=1S/C27H31FN4O5.C22H23FN4O3.C21H27ClN4O4.C6H5FO.CH2Cl2/c1-27(2,3)37-26(33)32-14-6-8-19(32)16-29-23-17-30-25(36-22-9-5-7-18(28)15-22)31-24(23)35-21-12-10-20(34-4)11-13-21;1-28-17-7-9-18(10-8-17)29-21-20(25-13-16-5-3-11-24-16)14-26-22(27-21)30-19-6-2-4-15(23)12-19;1-21(2,3)30-20(27)26-11-5-6-14(26)12-23-17-13-24-19(22)25-18(17)29-16-9-7-15(28-4)8-10-16;7-5-2-1-3-6(8)4-5;2-1-3/h5,7,9-13,15,17,19,29H,6,8,14,16H2,1-4H3;2,4,6-10,12,14,16,24-25H,3,5,11,13H2,1H3;7-10,13-14,23H,5-6,11-12H2,1-4H3;1-4,8H;1H2/t19-;16-;14-;;/m000../s1. The largest absolute Gasteiger partial charge is 0.508 e. The van der Waals surface area contributed by atoms with Crippen LogP contribution in [0.1, 0.15) is 80.1 Å². The van der Waals surface area contributed by atoms with Gasteiger partial charge in [0.2, 0.25) is 22.9 Å². The second-order valence-electron chi connectivity index (χ2n) is 26.0. The van der Waals surface area contributed by atoms with E-state index in [1.165, 1.54) is 61.1 Å². The number of nitrogens with zero attached hydrogens (tertiary/aromatic N) is 8. The first-order valence-corrected chi connectivity index (χ1v) is 35.9. The molecular formula is C77H88Cl3F3N12O13. The van der Waals surface area contributed by atoms with E-state index < -0.39 is 28.7 Å². The molecule has 3 aliphatic rings. The molecule has 108 heavy (non-hydrogen) atoms. The van der Waals surface area contributed by atoms with Crippen LogP contribution in [-0.2, 0) is 9.47 Å². The van der Waals surface area contributed by atoms with E-state index in [1.807, 2.05) is 41.5 Å². The predicted octanol–water partition coefficient (Wildman–Crippen LogP) is 18.1. The Morgan fingerprint density at radius 2 is 0.861 bits per heavy atom. The molecule has 0 bridgehead atoms. The van der Waals surface area contributed by atoms with Crippen LogP contribution in [0.3, 0.4) is 0 Å². The fourth-order valence-electron chi connectivity index (χ4n) is 10.6. The highest BCUT2D eigenvalue weighted by atomic mass is 35.5. The highest BCUT2D eigenvalue weighted by Crippen LogP contribution is 2.36. The van der Waals surface area contributed by atoms with Gasteiger partial charge in [0.15, 0.2) is 0 Å². The summed E-state index contributed by atoms with van der Waals surface area (Å²) in [6.45, 7) is 15.2. The van der Waals surface area contributed by atoms with E-state index in [4.69, 9.17) is 87.3 Å². The van der Waals surface area contributed by atoms with Crippen LogP contribution in [0.15, 0.2) is 164 Å². The van der Waals surface area contributed by atoms with Crippen LogP contribution < -0.4 is 59.2 Å². The summed E-state index contributed by atoms with van der Waals surface area (Å²) in [5.74, 6) is 3.97. The number of benzene rings is 6. The molecule has 9 aromatic rings. The first kappa shape index (κ1) is 83.0. The van der Waals surface area contributed by atoms with Crippen molar-refractivity contribution < 1.29 is 75.2 Å². The van der Waals surface area contributed by atoms with Gasteiger partial charge in [-0.05, 0) is 207 Å². The Morgan fingerprint density at radius 3 is 1.21 bits per heavy atom. The molecule has 5 N–H and O–H groups in total. The number of aromatic hydroxyl groups is 1. The van der Waals surface area contributed by atoms with Gasteiger partial charge < -0.3 is 83.5 Å². The average molecular weight is 1550 g/mol. The SMILES string of the molecule is COc1ccc(Oc2nc(Cl)ncc2NC[C@@H]2CCCN2C(=O)OC(C)(C)C)cc1.COc1ccc(Oc2nc(Oc3cccc(F)c3)ncc2NC[C@@H]2CCCN2)cc1.COc1ccc(Oc2nc(Oc3cccc(F)c3)ncc2NC[C@@H]2CCCN2C(=O)OC(C)(C)C)cc1.ClCCl.Oc1cccc(F)c1. The second-order valence-corrected chi connectivity index (χ2v) is 27.2. The first-order valence-electron chi connectivity index (χ1n) is 34.4. The molecule has 3 aliphatic heterocycles. The smallest absolute Gasteiger partial charge is 0.410 e. The second kappa shape index (κ2) is 41.4. The molecule has 0 aliphatic carbocycles. The zero-order chi connectivity index (χ0) is 77.6. The molecule has 2 amide bonds. The van der Waals surface area contributed by atoms with Gasteiger partial charge in [-0.2, -0.15) is 15.0 Å². The average Bonchev–Trinajstić information content (AvgIpc) is 1.26. The highest BCUT2D eigenvalue weighted by molar-refractivity contribution is 6.40. The number of phenols is 1. The van der Waals surface area contributed by atoms with E-state index in [0.29, 0.717) is 89.8 Å². The number of methoxy groups -OCH3 is 3. The fraction of sp³-hybridized carbons (Fsp3) is 0.351. The number of anilines is 3. The molecule has 576 valence electrons. The minimum atomic E-state index is -0.567. The van der Waals surface area contributed by atoms with Gasteiger partial charge in [-0.1, -0.05) is 18.2 Å². The lowest BCUT2D eigenvalue weighted by Crippen LogP contribution is -2.42. The number of hydrogen-bond donors (Lipinski definition) is 5. The van der Waals surface area contributed by atoms with E-state index in [1.54, 1.807) is 135 Å². The number of rotatable bonds is 22. The molecule has 6 heterocycles. The van der Waals surface area contributed by atoms with Crippen molar-refractivity contribution in [3.63, 3.8) is 0 Å². The van der Waals surface area contributed by atoms with Gasteiger partial charge in [0, 0.05) is 57.0 Å². The summed E-state index contributed by atoms with van der Waals surface area (Å²) in [6.07, 6.45) is 9.90. The third-order valence-corrected chi connectivity index (χ3v) is 15.8. The normalized spacial score (nSPS) is 14.9. The van der Waals surface area contributed by atoms with Crippen molar-refractivity contribution in [1.82, 2.24) is 45.0 Å². The number of aromatic nitrogens is 6. The summed E-state index contributed by atoms with van der Waals surface area (Å²) in [6, 6.07) is 38.5. The van der Waals surface area contributed by atoms with Crippen molar-refractivity contribution >= 4 is 64.1 Å². The topological polar surface area (TPSA) is 279 Å². The van der Waals surface area contributed by atoms with Crippen LogP contribution in [0.2, 0.25) is 5.28 Å². The lowest BCUT2D eigenvalue weighted by molar-refractivity contribution is 0.0224. The van der Waals surface area contributed by atoms with Gasteiger partial charge in [0.25, 0.3) is 0 Å². The minimum Gasteiger partial charge on any atom is -0.508 e. The van der Waals surface area contributed by atoms with Crippen LogP contribution >= 0.6 is 34.8 Å². The maximum atomic E-state index is 13.6. The molecule has 3 fully saturated rings. The number of alkyl halides is 2. The van der Waals surface area contributed by atoms with Crippen LogP contribution in [0, 0.1) is 17.5 Å². The Balaban J connectivity index is 0.000000191. The summed E-state index contributed by atoms with van der Waals surface area (Å²) < 4.78 is 94.8. The Hall–Kier alpha value is -10.7. The van der Waals surface area contributed by atoms with Crippen molar-refractivity contribution in [2.45, 2.75) is 109 Å². The molecule has 25 nitrogen and oxygen atoms in total. The van der Waals surface area contributed by atoms with E-state index in [2.05, 4.69) is 51.2 Å². The predicted molar refractivity (Wildman–Crippen MR) is 406 cm³/mol. The van der Waals surface area contributed by atoms with Gasteiger partial charge in [-0.25, -0.2) is 37.7 Å². The van der Waals surface area contributed by atoms with Crippen molar-refractivity contribution in [3.8, 4) is 81.4 Å². The quantitative estimate of drug-likeness (QED) is 0.0311. The van der Waals surface area contributed by atoms with Crippen molar-refractivity contribution in [1.29, 1.82) is 0 Å².